The highest BCUT2D eigenvalue weighted by molar-refractivity contribution is 7.99. The monoisotopic (exact) mass is 425 g/mol. The summed E-state index contributed by atoms with van der Waals surface area (Å²) >= 11 is 1.19. The summed E-state index contributed by atoms with van der Waals surface area (Å²) in [5.74, 6) is -0.137. The lowest BCUT2D eigenvalue weighted by Gasteiger charge is -2.11. The first-order valence-corrected chi connectivity index (χ1v) is 10.5. The van der Waals surface area contributed by atoms with Gasteiger partial charge in [0.05, 0.1) is 12.3 Å². The summed E-state index contributed by atoms with van der Waals surface area (Å²) in [7, 11) is 0. The number of imide groups is 1. The number of aromatic nitrogens is 3. The highest BCUT2D eigenvalue weighted by atomic mass is 32.2. The van der Waals surface area contributed by atoms with Crippen LogP contribution in [0.15, 0.2) is 59.8 Å². The summed E-state index contributed by atoms with van der Waals surface area (Å²) in [6.07, 6.45) is 1.90. The molecule has 4 rings (SSSR count). The van der Waals surface area contributed by atoms with Gasteiger partial charge in [-0.25, -0.2) is 9.18 Å². The number of hydrogen-bond acceptors (Lipinski definition) is 5. The van der Waals surface area contributed by atoms with Gasteiger partial charge in [-0.2, -0.15) is 0 Å². The minimum Gasteiger partial charge on any atom is -0.335 e. The van der Waals surface area contributed by atoms with Gasteiger partial charge in [-0.05, 0) is 42.7 Å². The molecule has 0 spiro atoms. The molecule has 30 heavy (non-hydrogen) atoms. The van der Waals surface area contributed by atoms with Crippen molar-refractivity contribution in [2.24, 2.45) is 0 Å². The number of nitrogens with one attached hydrogen (secondary N) is 2. The van der Waals surface area contributed by atoms with Gasteiger partial charge in [0.1, 0.15) is 5.82 Å². The first-order valence-electron chi connectivity index (χ1n) is 9.55. The molecule has 0 atom stereocenters. The van der Waals surface area contributed by atoms with Crippen LogP contribution in [0.4, 0.5) is 9.18 Å². The summed E-state index contributed by atoms with van der Waals surface area (Å²) in [5.41, 5.74) is 1.76. The zero-order chi connectivity index (χ0) is 20.9. The van der Waals surface area contributed by atoms with Gasteiger partial charge in [0.2, 0.25) is 5.91 Å². The molecule has 1 heterocycles. The van der Waals surface area contributed by atoms with Crippen LogP contribution in [0.1, 0.15) is 18.4 Å². The summed E-state index contributed by atoms with van der Waals surface area (Å²) in [4.78, 5) is 23.8. The summed E-state index contributed by atoms with van der Waals surface area (Å²) in [6.45, 7) is 0.493. The van der Waals surface area contributed by atoms with E-state index in [4.69, 9.17) is 0 Å². The number of nitrogens with zero attached hydrogens (tertiary/aromatic N) is 3. The topological polar surface area (TPSA) is 88.9 Å². The summed E-state index contributed by atoms with van der Waals surface area (Å²) < 4.78 is 15.2. The van der Waals surface area contributed by atoms with E-state index < -0.39 is 11.9 Å². The molecule has 0 radical (unpaired) electrons. The van der Waals surface area contributed by atoms with Crippen molar-refractivity contribution in [2.75, 3.05) is 5.75 Å². The molecule has 3 aromatic rings. The molecule has 3 amide bonds. The molecule has 7 nitrogen and oxygen atoms in total. The molecular formula is C21H20FN5O2S. The van der Waals surface area contributed by atoms with Crippen LogP contribution in [0, 0.1) is 5.82 Å². The fourth-order valence-corrected chi connectivity index (χ4v) is 3.60. The van der Waals surface area contributed by atoms with Crippen molar-refractivity contribution in [1.82, 2.24) is 25.4 Å². The highest BCUT2D eigenvalue weighted by Gasteiger charge is 2.24. The Balaban J connectivity index is 1.50. The van der Waals surface area contributed by atoms with Crippen LogP contribution in [0.3, 0.4) is 0 Å². The van der Waals surface area contributed by atoms with E-state index in [9.17, 15) is 14.0 Å². The lowest BCUT2D eigenvalue weighted by molar-refractivity contribution is -0.117. The smallest absolute Gasteiger partial charge is 0.321 e. The van der Waals surface area contributed by atoms with Gasteiger partial charge in [0.25, 0.3) is 0 Å². The van der Waals surface area contributed by atoms with Crippen LogP contribution in [-0.2, 0) is 11.3 Å². The first-order chi connectivity index (χ1) is 14.6. The average Bonchev–Trinajstić information content (AvgIpc) is 3.46. The second-order valence-electron chi connectivity index (χ2n) is 6.97. The van der Waals surface area contributed by atoms with Crippen molar-refractivity contribution in [3.63, 3.8) is 0 Å². The van der Waals surface area contributed by atoms with Gasteiger partial charge >= 0.3 is 6.03 Å². The number of thioether (sulfide) groups is 1. The van der Waals surface area contributed by atoms with E-state index in [1.807, 2.05) is 34.9 Å². The van der Waals surface area contributed by atoms with E-state index in [0.29, 0.717) is 17.5 Å². The van der Waals surface area contributed by atoms with Gasteiger partial charge < -0.3 is 5.32 Å². The Morgan fingerprint density at radius 2 is 1.80 bits per heavy atom. The minimum atomic E-state index is -0.471. The molecule has 1 saturated carbocycles. The van der Waals surface area contributed by atoms with Crippen molar-refractivity contribution in [2.45, 2.75) is 30.6 Å². The fraction of sp³-hybridized carbons (Fsp3) is 0.238. The number of benzene rings is 2. The third-order valence-electron chi connectivity index (χ3n) is 4.50. The molecule has 2 N–H and O–H groups in total. The maximum absolute atomic E-state index is 13.3. The lowest BCUT2D eigenvalue weighted by Crippen LogP contribution is -2.41. The van der Waals surface area contributed by atoms with E-state index in [-0.39, 0.29) is 17.6 Å². The van der Waals surface area contributed by atoms with Crippen LogP contribution < -0.4 is 10.6 Å². The zero-order valence-corrected chi connectivity index (χ0v) is 16.9. The number of rotatable bonds is 7. The van der Waals surface area contributed by atoms with E-state index in [1.54, 1.807) is 12.1 Å². The Bertz CT molecular complexity index is 1040. The molecule has 0 aliphatic heterocycles. The minimum absolute atomic E-state index is 0.0222. The van der Waals surface area contributed by atoms with Crippen LogP contribution >= 0.6 is 11.8 Å². The Morgan fingerprint density at radius 3 is 2.50 bits per heavy atom. The van der Waals surface area contributed by atoms with Gasteiger partial charge in [0.15, 0.2) is 11.0 Å². The fourth-order valence-electron chi connectivity index (χ4n) is 2.86. The molecule has 1 aromatic heterocycles. The number of urea groups is 1. The van der Waals surface area contributed by atoms with Crippen molar-refractivity contribution < 1.29 is 14.0 Å². The summed E-state index contributed by atoms with van der Waals surface area (Å²) in [5, 5.41) is 14.1. The zero-order valence-electron chi connectivity index (χ0n) is 16.0. The predicted octanol–water partition coefficient (Wildman–Crippen LogP) is 3.21. The molecule has 1 fully saturated rings. The maximum Gasteiger partial charge on any atom is 0.321 e. The third-order valence-corrected chi connectivity index (χ3v) is 5.47. The molecule has 154 valence electrons. The number of hydrogen-bond donors (Lipinski definition) is 2. The van der Waals surface area contributed by atoms with E-state index in [0.717, 1.165) is 24.0 Å². The van der Waals surface area contributed by atoms with E-state index in [1.165, 1.54) is 23.9 Å². The van der Waals surface area contributed by atoms with Crippen molar-refractivity contribution in [3.05, 3.63) is 66.0 Å². The molecule has 9 heteroatoms. The Kier molecular flexibility index (Phi) is 6.08. The van der Waals surface area contributed by atoms with Crippen molar-refractivity contribution in [3.8, 4) is 11.4 Å². The van der Waals surface area contributed by atoms with Crippen molar-refractivity contribution in [1.29, 1.82) is 0 Å². The van der Waals surface area contributed by atoms with Gasteiger partial charge in [-0.3, -0.25) is 14.7 Å². The molecule has 0 bridgehead atoms. The average molecular weight is 425 g/mol. The molecule has 1 aliphatic carbocycles. The maximum atomic E-state index is 13.3. The summed E-state index contributed by atoms with van der Waals surface area (Å²) in [6, 6.07) is 15.5. The van der Waals surface area contributed by atoms with Crippen LogP contribution in [0.5, 0.6) is 0 Å². The van der Waals surface area contributed by atoms with Crippen LogP contribution in [0.25, 0.3) is 11.4 Å². The highest BCUT2D eigenvalue weighted by Crippen LogP contribution is 2.25. The molecule has 0 unspecified atom stereocenters. The Labute approximate surface area is 177 Å². The second kappa shape index (κ2) is 9.08. The Hall–Kier alpha value is -3.20. The molecule has 2 aromatic carbocycles. The Morgan fingerprint density at radius 1 is 1.07 bits per heavy atom. The van der Waals surface area contributed by atoms with Crippen LogP contribution in [0.2, 0.25) is 0 Å². The normalized spacial score (nSPS) is 13.1. The van der Waals surface area contributed by atoms with Crippen molar-refractivity contribution >= 4 is 23.7 Å². The molecular weight excluding hydrogens is 405 g/mol. The predicted molar refractivity (Wildman–Crippen MR) is 111 cm³/mol. The number of carbonyl (C=O) groups excluding carboxylic acids is 2. The van der Waals surface area contributed by atoms with Gasteiger partial charge in [-0.15, -0.1) is 10.2 Å². The number of halogens is 1. The standard InChI is InChI=1S/C21H20FN5O2S/c22-16-8-6-15(7-9-16)19-25-26-21(27(19)12-14-4-2-1-3-5-14)30-13-18(28)24-20(29)23-17-10-11-17/h1-9,17H,10-13H2,(H2,23,24,28,29). The lowest BCUT2D eigenvalue weighted by atomic mass is 10.2. The van der Waals surface area contributed by atoms with Gasteiger partial charge in [-0.1, -0.05) is 42.1 Å². The third kappa shape index (κ3) is 5.24. The first kappa shape index (κ1) is 20.1. The molecule has 1 aliphatic rings. The van der Waals surface area contributed by atoms with E-state index in [2.05, 4.69) is 20.8 Å². The van der Waals surface area contributed by atoms with Crippen LogP contribution in [-0.4, -0.2) is 38.5 Å². The quantitative estimate of drug-likeness (QED) is 0.568. The van der Waals surface area contributed by atoms with Gasteiger partial charge in [0, 0.05) is 11.6 Å². The molecule has 0 saturated heterocycles. The number of carbonyl (C=O) groups is 2. The SMILES string of the molecule is O=C(CSc1nnc(-c2ccc(F)cc2)n1Cc1ccccc1)NC(=O)NC1CC1. The van der Waals surface area contributed by atoms with E-state index >= 15 is 0 Å². The number of amides is 3. The largest absolute Gasteiger partial charge is 0.335 e. The second-order valence-corrected chi connectivity index (χ2v) is 7.91.